The van der Waals surface area contributed by atoms with Crippen molar-refractivity contribution in [3.05, 3.63) is 35.4 Å². The molecule has 1 aliphatic carbocycles. The zero-order chi connectivity index (χ0) is 13.1. The third-order valence-corrected chi connectivity index (χ3v) is 3.60. The zero-order valence-corrected chi connectivity index (χ0v) is 11.0. The van der Waals surface area contributed by atoms with Crippen LogP contribution in [0.15, 0.2) is 24.3 Å². The SMILES string of the molecule is CC(C)c1ccc(C(=O)NCC2CC(O)C2)cc1. The van der Waals surface area contributed by atoms with Gasteiger partial charge in [0.1, 0.15) is 0 Å². The highest BCUT2D eigenvalue weighted by Crippen LogP contribution is 2.26. The quantitative estimate of drug-likeness (QED) is 0.857. The number of hydrogen-bond acceptors (Lipinski definition) is 2. The van der Waals surface area contributed by atoms with Gasteiger partial charge in [-0.3, -0.25) is 4.79 Å². The molecule has 0 bridgehead atoms. The molecule has 1 fully saturated rings. The van der Waals surface area contributed by atoms with Crippen molar-refractivity contribution in [2.75, 3.05) is 6.54 Å². The van der Waals surface area contributed by atoms with Crippen LogP contribution >= 0.6 is 0 Å². The summed E-state index contributed by atoms with van der Waals surface area (Å²) in [5.74, 6) is 0.907. The summed E-state index contributed by atoms with van der Waals surface area (Å²) < 4.78 is 0. The van der Waals surface area contributed by atoms with E-state index in [1.807, 2.05) is 24.3 Å². The maximum atomic E-state index is 11.9. The number of nitrogens with one attached hydrogen (secondary N) is 1. The van der Waals surface area contributed by atoms with E-state index in [-0.39, 0.29) is 12.0 Å². The lowest BCUT2D eigenvalue weighted by atomic mass is 9.82. The standard InChI is InChI=1S/C15H21NO2/c1-10(2)12-3-5-13(6-4-12)15(18)16-9-11-7-14(17)8-11/h3-6,10-11,14,17H,7-9H2,1-2H3,(H,16,18). The summed E-state index contributed by atoms with van der Waals surface area (Å²) in [6.45, 7) is 4.94. The number of rotatable bonds is 4. The maximum Gasteiger partial charge on any atom is 0.251 e. The van der Waals surface area contributed by atoms with Gasteiger partial charge in [0.15, 0.2) is 0 Å². The molecule has 1 saturated carbocycles. The maximum absolute atomic E-state index is 11.9. The van der Waals surface area contributed by atoms with Crippen LogP contribution in [0.5, 0.6) is 0 Å². The highest BCUT2D eigenvalue weighted by atomic mass is 16.3. The average molecular weight is 247 g/mol. The first-order valence-corrected chi connectivity index (χ1v) is 6.62. The molecule has 2 N–H and O–H groups in total. The lowest BCUT2D eigenvalue weighted by Gasteiger charge is -2.31. The van der Waals surface area contributed by atoms with Crippen LogP contribution in [-0.2, 0) is 0 Å². The summed E-state index contributed by atoms with van der Waals surface area (Å²) >= 11 is 0. The molecule has 1 aliphatic rings. The molecule has 98 valence electrons. The van der Waals surface area contributed by atoms with Gasteiger partial charge in [0.25, 0.3) is 5.91 Å². The van der Waals surface area contributed by atoms with Crippen molar-refractivity contribution in [2.24, 2.45) is 5.92 Å². The molecule has 1 aromatic carbocycles. The number of carbonyl (C=O) groups is 1. The molecule has 1 amide bonds. The molecule has 1 aromatic rings. The molecule has 2 rings (SSSR count). The van der Waals surface area contributed by atoms with Crippen LogP contribution in [0.1, 0.15) is 48.5 Å². The molecular weight excluding hydrogens is 226 g/mol. The third kappa shape index (κ3) is 3.10. The Morgan fingerprint density at radius 3 is 2.44 bits per heavy atom. The Morgan fingerprint density at radius 1 is 1.33 bits per heavy atom. The van der Waals surface area contributed by atoms with E-state index in [0.29, 0.717) is 23.9 Å². The summed E-state index contributed by atoms with van der Waals surface area (Å²) in [6, 6.07) is 7.76. The van der Waals surface area contributed by atoms with Gasteiger partial charge in [-0.05, 0) is 42.4 Å². The van der Waals surface area contributed by atoms with Gasteiger partial charge < -0.3 is 10.4 Å². The molecule has 0 heterocycles. The van der Waals surface area contributed by atoms with Crippen molar-refractivity contribution in [3.8, 4) is 0 Å². The lowest BCUT2D eigenvalue weighted by molar-refractivity contribution is 0.0420. The van der Waals surface area contributed by atoms with Crippen LogP contribution in [0.25, 0.3) is 0 Å². The molecule has 0 unspecified atom stereocenters. The molecule has 0 aliphatic heterocycles. The third-order valence-electron chi connectivity index (χ3n) is 3.60. The highest BCUT2D eigenvalue weighted by molar-refractivity contribution is 5.94. The van der Waals surface area contributed by atoms with Gasteiger partial charge in [0, 0.05) is 12.1 Å². The Kier molecular flexibility index (Phi) is 4.02. The first kappa shape index (κ1) is 13.1. The Bertz CT molecular complexity index is 405. The van der Waals surface area contributed by atoms with E-state index in [0.717, 1.165) is 12.8 Å². The predicted molar refractivity (Wildman–Crippen MR) is 71.6 cm³/mol. The second kappa shape index (κ2) is 5.53. The summed E-state index contributed by atoms with van der Waals surface area (Å²) in [4.78, 5) is 11.9. The number of aliphatic hydroxyl groups excluding tert-OH is 1. The molecule has 0 aromatic heterocycles. The molecule has 0 atom stereocenters. The molecule has 0 radical (unpaired) electrons. The zero-order valence-electron chi connectivity index (χ0n) is 11.0. The first-order valence-electron chi connectivity index (χ1n) is 6.62. The summed E-state index contributed by atoms with van der Waals surface area (Å²) in [7, 11) is 0. The summed E-state index contributed by atoms with van der Waals surface area (Å²) in [6.07, 6.45) is 1.47. The molecule has 0 spiro atoms. The molecule has 18 heavy (non-hydrogen) atoms. The van der Waals surface area contributed by atoms with Crippen LogP contribution in [0.3, 0.4) is 0 Å². The second-order valence-electron chi connectivity index (χ2n) is 5.48. The van der Waals surface area contributed by atoms with E-state index in [1.54, 1.807) is 0 Å². The van der Waals surface area contributed by atoms with Crippen molar-refractivity contribution in [1.29, 1.82) is 0 Å². The van der Waals surface area contributed by atoms with Crippen molar-refractivity contribution in [3.63, 3.8) is 0 Å². The number of carbonyl (C=O) groups excluding carboxylic acids is 1. The predicted octanol–water partition coefficient (Wildman–Crippen LogP) is 2.31. The van der Waals surface area contributed by atoms with E-state index in [9.17, 15) is 9.90 Å². The fraction of sp³-hybridized carbons (Fsp3) is 0.533. The minimum absolute atomic E-state index is 0.0216. The van der Waals surface area contributed by atoms with Crippen molar-refractivity contribution in [2.45, 2.75) is 38.7 Å². The van der Waals surface area contributed by atoms with Crippen LogP contribution in [-0.4, -0.2) is 23.7 Å². The van der Waals surface area contributed by atoms with Crippen molar-refractivity contribution >= 4 is 5.91 Å². The minimum atomic E-state index is -0.155. The van der Waals surface area contributed by atoms with Crippen molar-refractivity contribution in [1.82, 2.24) is 5.32 Å². The minimum Gasteiger partial charge on any atom is -0.393 e. The Morgan fingerprint density at radius 2 is 1.94 bits per heavy atom. The normalized spacial score (nSPS) is 22.7. The Hall–Kier alpha value is -1.35. The average Bonchev–Trinajstić information content (AvgIpc) is 2.33. The summed E-state index contributed by atoms with van der Waals surface area (Å²) in [5.41, 5.74) is 1.95. The van der Waals surface area contributed by atoms with E-state index < -0.39 is 0 Å². The fourth-order valence-electron chi connectivity index (χ4n) is 2.23. The Labute approximate surface area is 108 Å². The molecule has 3 heteroatoms. The van der Waals surface area contributed by atoms with Crippen LogP contribution < -0.4 is 5.32 Å². The number of benzene rings is 1. The van der Waals surface area contributed by atoms with E-state index >= 15 is 0 Å². The first-order chi connectivity index (χ1) is 8.56. The molecule has 0 saturated heterocycles. The van der Waals surface area contributed by atoms with Gasteiger partial charge in [-0.2, -0.15) is 0 Å². The van der Waals surface area contributed by atoms with Crippen LogP contribution in [0.4, 0.5) is 0 Å². The molecular formula is C15H21NO2. The van der Waals surface area contributed by atoms with E-state index in [1.165, 1.54) is 5.56 Å². The number of hydrogen-bond donors (Lipinski definition) is 2. The second-order valence-corrected chi connectivity index (χ2v) is 5.48. The van der Waals surface area contributed by atoms with Gasteiger partial charge in [0.2, 0.25) is 0 Å². The largest absolute Gasteiger partial charge is 0.393 e. The highest BCUT2D eigenvalue weighted by Gasteiger charge is 2.27. The number of amides is 1. The van der Waals surface area contributed by atoms with Crippen LogP contribution in [0, 0.1) is 5.92 Å². The van der Waals surface area contributed by atoms with E-state index in [2.05, 4.69) is 19.2 Å². The lowest BCUT2D eigenvalue weighted by Crippen LogP contribution is -2.38. The van der Waals surface area contributed by atoms with Gasteiger partial charge >= 0.3 is 0 Å². The fourth-order valence-corrected chi connectivity index (χ4v) is 2.23. The molecule has 3 nitrogen and oxygen atoms in total. The summed E-state index contributed by atoms with van der Waals surface area (Å²) in [5, 5.41) is 12.1. The van der Waals surface area contributed by atoms with Gasteiger partial charge in [-0.1, -0.05) is 26.0 Å². The van der Waals surface area contributed by atoms with E-state index in [4.69, 9.17) is 0 Å². The van der Waals surface area contributed by atoms with Crippen LogP contribution in [0.2, 0.25) is 0 Å². The van der Waals surface area contributed by atoms with Gasteiger partial charge in [0.05, 0.1) is 6.10 Å². The van der Waals surface area contributed by atoms with Crippen molar-refractivity contribution < 1.29 is 9.90 Å². The number of aliphatic hydroxyl groups is 1. The topological polar surface area (TPSA) is 49.3 Å². The van der Waals surface area contributed by atoms with Gasteiger partial charge in [-0.25, -0.2) is 0 Å². The van der Waals surface area contributed by atoms with Gasteiger partial charge in [-0.15, -0.1) is 0 Å². The monoisotopic (exact) mass is 247 g/mol. The Balaban J connectivity index is 1.84. The smallest absolute Gasteiger partial charge is 0.251 e.